The molecule has 0 bridgehead atoms. The summed E-state index contributed by atoms with van der Waals surface area (Å²) in [7, 11) is 0. The van der Waals surface area contributed by atoms with Gasteiger partial charge in [-0.05, 0) is 48.7 Å². The number of benzene rings is 2. The molecule has 0 saturated heterocycles. The average Bonchev–Trinajstić information content (AvgIpc) is 2.64. The Kier molecular flexibility index (Phi) is 3.09. The van der Waals surface area contributed by atoms with Crippen LogP contribution in [0.1, 0.15) is 27.0 Å². The maximum atomic E-state index is 13.3. The van der Waals surface area contributed by atoms with Crippen LogP contribution in [0, 0.1) is 19.7 Å². The monoisotopic (exact) mass is 283 g/mol. The van der Waals surface area contributed by atoms with Gasteiger partial charge in [-0.3, -0.25) is 9.59 Å². The fourth-order valence-corrected chi connectivity index (χ4v) is 2.77. The van der Waals surface area contributed by atoms with E-state index in [2.05, 4.69) is 0 Å². The van der Waals surface area contributed by atoms with Crippen LogP contribution in [0.2, 0.25) is 0 Å². The van der Waals surface area contributed by atoms with Crippen LogP contribution in [-0.2, 0) is 11.3 Å². The molecule has 0 aromatic heterocycles. The molecule has 106 valence electrons. The van der Waals surface area contributed by atoms with E-state index in [0.29, 0.717) is 16.8 Å². The molecular formula is C17H14FNO2. The summed E-state index contributed by atoms with van der Waals surface area (Å²) in [4.78, 5) is 25.8. The molecule has 1 heterocycles. The molecular weight excluding hydrogens is 269 g/mol. The minimum atomic E-state index is -0.553. The third kappa shape index (κ3) is 2.23. The summed E-state index contributed by atoms with van der Waals surface area (Å²) in [6, 6.07) is 9.76. The zero-order valence-corrected chi connectivity index (χ0v) is 11.8. The van der Waals surface area contributed by atoms with E-state index >= 15 is 0 Å². The van der Waals surface area contributed by atoms with Crippen LogP contribution in [0.3, 0.4) is 0 Å². The summed E-state index contributed by atoms with van der Waals surface area (Å²) in [5, 5.41) is 0. The van der Waals surface area contributed by atoms with Crippen molar-refractivity contribution >= 4 is 17.4 Å². The first-order valence-electron chi connectivity index (χ1n) is 6.69. The Balaban J connectivity index is 2.05. The molecule has 0 N–H and O–H groups in total. The van der Waals surface area contributed by atoms with Crippen LogP contribution < -0.4 is 4.90 Å². The van der Waals surface area contributed by atoms with Crippen LogP contribution in [0.5, 0.6) is 0 Å². The van der Waals surface area contributed by atoms with Crippen molar-refractivity contribution in [3.63, 3.8) is 0 Å². The fraction of sp³-hybridized carbons (Fsp3) is 0.176. The maximum absolute atomic E-state index is 13.3. The number of rotatable bonds is 2. The molecule has 0 atom stereocenters. The van der Waals surface area contributed by atoms with Crippen LogP contribution in [0.4, 0.5) is 10.1 Å². The van der Waals surface area contributed by atoms with Crippen molar-refractivity contribution in [3.8, 4) is 0 Å². The van der Waals surface area contributed by atoms with Crippen LogP contribution in [0.25, 0.3) is 0 Å². The van der Waals surface area contributed by atoms with Crippen molar-refractivity contribution < 1.29 is 14.0 Å². The van der Waals surface area contributed by atoms with E-state index in [1.54, 1.807) is 12.1 Å². The molecule has 3 nitrogen and oxygen atoms in total. The Bertz CT molecular complexity index is 767. The van der Waals surface area contributed by atoms with E-state index in [4.69, 9.17) is 0 Å². The second kappa shape index (κ2) is 4.81. The zero-order chi connectivity index (χ0) is 15.1. The summed E-state index contributed by atoms with van der Waals surface area (Å²) in [5.74, 6) is -1.40. The van der Waals surface area contributed by atoms with Gasteiger partial charge in [-0.15, -0.1) is 0 Å². The molecule has 4 heteroatoms. The number of halogens is 1. The van der Waals surface area contributed by atoms with Gasteiger partial charge in [0.15, 0.2) is 0 Å². The number of aryl methyl sites for hydroxylation is 2. The molecule has 0 fully saturated rings. The van der Waals surface area contributed by atoms with Gasteiger partial charge in [0, 0.05) is 0 Å². The van der Waals surface area contributed by atoms with Gasteiger partial charge in [-0.1, -0.05) is 18.2 Å². The number of nitrogens with zero attached hydrogens (tertiary/aromatic N) is 1. The molecule has 0 spiro atoms. The first-order valence-corrected chi connectivity index (χ1v) is 6.69. The highest BCUT2D eigenvalue weighted by Crippen LogP contribution is 2.33. The molecule has 0 radical (unpaired) electrons. The normalized spacial score (nSPS) is 13.8. The predicted octanol–water partition coefficient (Wildman–Crippen LogP) is 3.17. The first kappa shape index (κ1) is 13.5. The van der Waals surface area contributed by atoms with Gasteiger partial charge >= 0.3 is 0 Å². The van der Waals surface area contributed by atoms with Crippen molar-refractivity contribution in [2.45, 2.75) is 20.4 Å². The lowest BCUT2D eigenvalue weighted by Gasteiger charge is -2.17. The third-order valence-corrected chi connectivity index (χ3v) is 3.65. The Morgan fingerprint density at radius 3 is 2.57 bits per heavy atom. The van der Waals surface area contributed by atoms with E-state index in [1.165, 1.54) is 17.0 Å². The summed E-state index contributed by atoms with van der Waals surface area (Å²) in [5.41, 5.74) is 3.51. The van der Waals surface area contributed by atoms with E-state index in [-0.39, 0.29) is 12.4 Å². The van der Waals surface area contributed by atoms with Crippen molar-refractivity contribution in [2.75, 3.05) is 4.90 Å². The van der Waals surface area contributed by atoms with E-state index in [9.17, 15) is 14.0 Å². The minimum Gasteiger partial charge on any atom is -0.300 e. The molecule has 2 aromatic rings. The van der Waals surface area contributed by atoms with E-state index in [1.807, 2.05) is 26.0 Å². The molecule has 1 aliphatic rings. The quantitative estimate of drug-likeness (QED) is 0.794. The number of fused-ring (bicyclic) bond motifs is 1. The number of Topliss-reactive ketones (excluding diaryl/α,β-unsaturated/α-hetero) is 1. The summed E-state index contributed by atoms with van der Waals surface area (Å²) in [6.45, 7) is 3.93. The molecule has 0 unspecified atom stereocenters. The van der Waals surface area contributed by atoms with Crippen molar-refractivity contribution in [1.82, 2.24) is 0 Å². The third-order valence-electron chi connectivity index (χ3n) is 3.65. The van der Waals surface area contributed by atoms with Crippen molar-refractivity contribution in [1.29, 1.82) is 0 Å². The summed E-state index contributed by atoms with van der Waals surface area (Å²) in [6.07, 6.45) is 0. The molecule has 1 amide bonds. The van der Waals surface area contributed by atoms with Crippen molar-refractivity contribution in [3.05, 3.63) is 64.5 Å². The molecule has 0 saturated carbocycles. The zero-order valence-electron chi connectivity index (χ0n) is 11.8. The van der Waals surface area contributed by atoms with Crippen LogP contribution in [-0.4, -0.2) is 11.7 Å². The SMILES string of the molecule is Cc1cc(C)c2c(c1)N(Cc1cccc(F)c1)C(=O)C2=O. The number of carbonyl (C=O) groups is 2. The van der Waals surface area contributed by atoms with Gasteiger partial charge in [0.1, 0.15) is 5.82 Å². The number of hydrogen-bond acceptors (Lipinski definition) is 2. The minimum absolute atomic E-state index is 0.193. The highest BCUT2D eigenvalue weighted by Gasteiger charge is 2.37. The molecule has 2 aromatic carbocycles. The van der Waals surface area contributed by atoms with Crippen LogP contribution >= 0.6 is 0 Å². The van der Waals surface area contributed by atoms with E-state index in [0.717, 1.165) is 11.1 Å². The Morgan fingerprint density at radius 2 is 1.86 bits per heavy atom. The first-order chi connectivity index (χ1) is 9.97. The molecule has 3 rings (SSSR count). The smallest absolute Gasteiger partial charge is 0.299 e. The largest absolute Gasteiger partial charge is 0.300 e. The van der Waals surface area contributed by atoms with Gasteiger partial charge in [0.05, 0.1) is 17.8 Å². The lowest BCUT2D eigenvalue weighted by atomic mass is 10.0. The Labute approximate surface area is 122 Å². The lowest BCUT2D eigenvalue weighted by molar-refractivity contribution is -0.114. The Hall–Kier alpha value is -2.49. The highest BCUT2D eigenvalue weighted by atomic mass is 19.1. The molecule has 21 heavy (non-hydrogen) atoms. The van der Waals surface area contributed by atoms with Crippen molar-refractivity contribution in [2.24, 2.45) is 0 Å². The van der Waals surface area contributed by atoms with Gasteiger partial charge in [0.2, 0.25) is 0 Å². The number of amides is 1. The highest BCUT2D eigenvalue weighted by molar-refractivity contribution is 6.52. The number of anilines is 1. The predicted molar refractivity (Wildman–Crippen MR) is 77.8 cm³/mol. The Morgan fingerprint density at radius 1 is 1.10 bits per heavy atom. The van der Waals surface area contributed by atoms with Gasteiger partial charge < -0.3 is 4.90 Å². The number of ketones is 1. The van der Waals surface area contributed by atoms with Gasteiger partial charge in [0.25, 0.3) is 11.7 Å². The average molecular weight is 283 g/mol. The molecule has 0 aliphatic carbocycles. The fourth-order valence-electron chi connectivity index (χ4n) is 2.77. The van der Waals surface area contributed by atoms with Gasteiger partial charge in [-0.25, -0.2) is 4.39 Å². The second-order valence-corrected chi connectivity index (χ2v) is 5.33. The van der Waals surface area contributed by atoms with Crippen LogP contribution in [0.15, 0.2) is 36.4 Å². The maximum Gasteiger partial charge on any atom is 0.299 e. The molecule has 1 aliphatic heterocycles. The second-order valence-electron chi connectivity index (χ2n) is 5.33. The number of carbonyl (C=O) groups excluding carboxylic acids is 2. The lowest BCUT2D eigenvalue weighted by Crippen LogP contribution is -2.29. The van der Waals surface area contributed by atoms with Gasteiger partial charge in [-0.2, -0.15) is 0 Å². The summed E-state index contributed by atoms with van der Waals surface area (Å²) >= 11 is 0. The standard InChI is InChI=1S/C17H14FNO2/c1-10-6-11(2)15-14(7-10)19(17(21)16(15)20)9-12-4-3-5-13(18)8-12/h3-8H,9H2,1-2H3. The van der Waals surface area contributed by atoms with E-state index < -0.39 is 11.7 Å². The number of hydrogen-bond donors (Lipinski definition) is 0. The summed E-state index contributed by atoms with van der Waals surface area (Å²) < 4.78 is 13.3. The topological polar surface area (TPSA) is 37.4 Å².